The molecule has 7 heteroatoms. The zero-order chi connectivity index (χ0) is 17.9. The van der Waals surface area contributed by atoms with E-state index >= 15 is 0 Å². The number of rotatable bonds is 4. The van der Waals surface area contributed by atoms with Gasteiger partial charge in [-0.2, -0.15) is 0 Å². The summed E-state index contributed by atoms with van der Waals surface area (Å²) in [7, 11) is 0. The van der Waals surface area contributed by atoms with Gasteiger partial charge < -0.3 is 15.2 Å². The van der Waals surface area contributed by atoms with E-state index in [1.165, 1.54) is 6.07 Å². The van der Waals surface area contributed by atoms with Gasteiger partial charge in [0.2, 0.25) is 0 Å². The number of hydrogen-bond acceptors (Lipinski definition) is 6. The maximum absolute atomic E-state index is 12.6. The molecule has 2 aromatic carbocycles. The monoisotopic (exact) mass is 342 g/mol. The number of nitrogens with zero attached hydrogens (tertiary/aromatic N) is 1. The summed E-state index contributed by atoms with van der Waals surface area (Å²) in [6.07, 6.45) is 1.25. The Balaban J connectivity index is 1.89. The number of carbonyl (C=O) groups is 1. The normalized spacial score (nSPS) is 16.2. The number of phenolic OH excluding ortho intramolecular Hbond substituents is 1. The quantitative estimate of drug-likeness (QED) is 0.503. The van der Waals surface area contributed by atoms with Crippen LogP contribution in [0.5, 0.6) is 5.75 Å². The third-order valence-corrected chi connectivity index (χ3v) is 4.41. The predicted molar refractivity (Wildman–Crippen MR) is 90.4 cm³/mol. The molecule has 0 aromatic heterocycles. The molecule has 0 unspecified atom stereocenters. The van der Waals surface area contributed by atoms with Gasteiger partial charge in [-0.1, -0.05) is 30.3 Å². The number of nitrogens with one attached hydrogen (secondary N) is 1. The largest absolute Gasteiger partial charge is 0.502 e. The van der Waals surface area contributed by atoms with Gasteiger partial charge in [0.05, 0.1) is 10.5 Å². The highest BCUT2D eigenvalue weighted by molar-refractivity contribution is 5.90. The fourth-order valence-electron chi connectivity index (χ4n) is 3.06. The molecule has 1 aliphatic heterocycles. The summed E-state index contributed by atoms with van der Waals surface area (Å²) in [6, 6.07) is 13.0. The predicted octanol–water partition coefficient (Wildman–Crippen LogP) is 2.74. The van der Waals surface area contributed by atoms with Crippen molar-refractivity contribution in [3.8, 4) is 5.75 Å². The maximum atomic E-state index is 12.6. The minimum Gasteiger partial charge on any atom is -0.502 e. The van der Waals surface area contributed by atoms with Crippen molar-refractivity contribution < 1.29 is 19.6 Å². The molecular weight excluding hydrogens is 324 g/mol. The van der Waals surface area contributed by atoms with E-state index in [0.29, 0.717) is 25.9 Å². The number of benzene rings is 2. The molecule has 2 aromatic rings. The van der Waals surface area contributed by atoms with Crippen LogP contribution in [0.4, 0.5) is 5.69 Å². The van der Waals surface area contributed by atoms with Gasteiger partial charge in [-0.3, -0.25) is 10.1 Å². The van der Waals surface area contributed by atoms with Crippen LogP contribution in [0.3, 0.4) is 0 Å². The van der Waals surface area contributed by atoms with Gasteiger partial charge in [0, 0.05) is 25.0 Å². The molecule has 0 radical (unpaired) electrons. The van der Waals surface area contributed by atoms with Gasteiger partial charge in [0.25, 0.3) is 0 Å². The Hall–Kier alpha value is -2.93. The lowest BCUT2D eigenvalue weighted by Gasteiger charge is -2.37. The molecule has 7 nitrogen and oxygen atoms in total. The highest BCUT2D eigenvalue weighted by Crippen LogP contribution is 2.36. The number of piperidine rings is 1. The highest BCUT2D eigenvalue weighted by Gasteiger charge is 2.38. The number of ether oxygens (including phenoxy) is 1. The molecule has 1 saturated heterocycles. The van der Waals surface area contributed by atoms with Crippen LogP contribution in [0, 0.1) is 10.1 Å². The molecule has 2 N–H and O–H groups in total. The Bertz CT molecular complexity index is 785. The topological polar surface area (TPSA) is 102 Å². The molecule has 130 valence electrons. The molecule has 25 heavy (non-hydrogen) atoms. The second-order valence-electron chi connectivity index (χ2n) is 5.96. The second kappa shape index (κ2) is 6.90. The molecule has 1 aliphatic rings. The average Bonchev–Trinajstić information content (AvgIpc) is 2.63. The molecule has 0 amide bonds. The minimum absolute atomic E-state index is 0.0805. The van der Waals surface area contributed by atoms with E-state index in [-0.39, 0.29) is 5.56 Å². The summed E-state index contributed by atoms with van der Waals surface area (Å²) >= 11 is 0. The van der Waals surface area contributed by atoms with Gasteiger partial charge >= 0.3 is 11.7 Å². The van der Waals surface area contributed by atoms with Crippen LogP contribution >= 0.6 is 0 Å². The van der Waals surface area contributed by atoms with Crippen molar-refractivity contribution >= 4 is 11.7 Å². The van der Waals surface area contributed by atoms with Crippen LogP contribution in [-0.2, 0) is 10.3 Å². The number of aromatic hydroxyl groups is 1. The second-order valence-corrected chi connectivity index (χ2v) is 5.96. The van der Waals surface area contributed by atoms with Gasteiger partial charge in [0.15, 0.2) is 5.75 Å². The van der Waals surface area contributed by atoms with E-state index in [0.717, 1.165) is 17.7 Å². The van der Waals surface area contributed by atoms with Gasteiger partial charge in [-0.05, 0) is 24.7 Å². The van der Waals surface area contributed by atoms with Gasteiger partial charge in [-0.25, -0.2) is 4.79 Å². The van der Waals surface area contributed by atoms with Crippen LogP contribution in [0.25, 0.3) is 0 Å². The van der Waals surface area contributed by atoms with E-state index < -0.39 is 27.9 Å². The third-order valence-electron chi connectivity index (χ3n) is 4.41. The van der Waals surface area contributed by atoms with Crippen molar-refractivity contribution in [1.82, 2.24) is 5.32 Å². The van der Waals surface area contributed by atoms with Crippen molar-refractivity contribution in [3.63, 3.8) is 0 Å². The van der Waals surface area contributed by atoms with Crippen LogP contribution < -0.4 is 5.32 Å². The Morgan fingerprint density at radius 2 is 1.84 bits per heavy atom. The summed E-state index contributed by atoms with van der Waals surface area (Å²) in [6.45, 7) is 1.43. The Labute approximate surface area is 144 Å². The smallest absolute Gasteiger partial charge is 0.339 e. The zero-order valence-corrected chi connectivity index (χ0v) is 13.5. The van der Waals surface area contributed by atoms with E-state index in [4.69, 9.17) is 4.74 Å². The Morgan fingerprint density at radius 3 is 2.44 bits per heavy atom. The van der Waals surface area contributed by atoms with Crippen molar-refractivity contribution in [1.29, 1.82) is 0 Å². The standard InChI is InChI=1S/C18H18N2O5/c21-16-12-13(6-7-15(16)20(23)24)17(22)25-18(8-10-19-11-9-18)14-4-2-1-3-5-14/h1-7,12,19,21H,8-11H2. The fourth-order valence-corrected chi connectivity index (χ4v) is 3.06. The fraction of sp³-hybridized carbons (Fsp3) is 0.278. The summed E-state index contributed by atoms with van der Waals surface area (Å²) in [5, 5.41) is 23.8. The first-order valence-corrected chi connectivity index (χ1v) is 7.99. The number of nitro benzene ring substituents is 1. The Morgan fingerprint density at radius 1 is 1.16 bits per heavy atom. The molecule has 0 spiro atoms. The molecule has 0 bridgehead atoms. The summed E-state index contributed by atoms with van der Waals surface area (Å²) in [4.78, 5) is 22.7. The first-order chi connectivity index (χ1) is 12.0. The molecule has 1 heterocycles. The van der Waals surface area contributed by atoms with Crippen molar-refractivity contribution in [2.75, 3.05) is 13.1 Å². The third kappa shape index (κ3) is 3.46. The molecule has 0 saturated carbocycles. The van der Waals surface area contributed by atoms with Crippen LogP contribution in [0.1, 0.15) is 28.8 Å². The number of nitro groups is 1. The van der Waals surface area contributed by atoms with Gasteiger partial charge in [-0.15, -0.1) is 0 Å². The van der Waals surface area contributed by atoms with Crippen molar-refractivity contribution in [2.24, 2.45) is 0 Å². The summed E-state index contributed by atoms with van der Waals surface area (Å²) in [5.74, 6) is -1.17. The van der Waals surface area contributed by atoms with Crippen molar-refractivity contribution in [2.45, 2.75) is 18.4 Å². The molecule has 1 fully saturated rings. The van der Waals surface area contributed by atoms with Crippen LogP contribution in [0.15, 0.2) is 48.5 Å². The SMILES string of the molecule is O=C(OC1(c2ccccc2)CCNCC1)c1ccc([N+](=O)[O-])c(O)c1. The van der Waals surface area contributed by atoms with Gasteiger partial charge in [0.1, 0.15) is 5.60 Å². The first kappa shape index (κ1) is 16.9. The van der Waals surface area contributed by atoms with E-state index in [1.807, 2.05) is 30.3 Å². The summed E-state index contributed by atoms with van der Waals surface area (Å²) < 4.78 is 5.85. The highest BCUT2D eigenvalue weighted by atomic mass is 16.6. The lowest BCUT2D eigenvalue weighted by Crippen LogP contribution is -2.43. The van der Waals surface area contributed by atoms with E-state index in [1.54, 1.807) is 0 Å². The number of phenols is 1. The van der Waals surface area contributed by atoms with Crippen molar-refractivity contribution in [3.05, 3.63) is 69.8 Å². The maximum Gasteiger partial charge on any atom is 0.339 e. The molecule has 0 atom stereocenters. The van der Waals surface area contributed by atoms with Crippen LogP contribution in [-0.4, -0.2) is 29.1 Å². The molecular formula is C18H18N2O5. The Kier molecular flexibility index (Phi) is 4.67. The lowest BCUT2D eigenvalue weighted by molar-refractivity contribution is -0.385. The minimum atomic E-state index is -0.749. The lowest BCUT2D eigenvalue weighted by atomic mass is 9.84. The molecule has 0 aliphatic carbocycles. The van der Waals surface area contributed by atoms with E-state index in [9.17, 15) is 20.0 Å². The van der Waals surface area contributed by atoms with Crippen LogP contribution in [0.2, 0.25) is 0 Å². The molecule has 3 rings (SSSR count). The number of carbonyl (C=O) groups excluding carboxylic acids is 1. The number of esters is 1. The first-order valence-electron chi connectivity index (χ1n) is 7.99. The average molecular weight is 342 g/mol. The summed E-state index contributed by atoms with van der Waals surface area (Å²) in [5.41, 5.74) is -0.204. The number of hydrogen-bond donors (Lipinski definition) is 2. The zero-order valence-electron chi connectivity index (χ0n) is 13.5. The van der Waals surface area contributed by atoms with E-state index in [2.05, 4.69) is 5.32 Å².